The molecule has 1 aromatic carbocycles. The number of nitrogens with two attached hydrogens (primary N) is 1. The number of rotatable bonds is 8. The van der Waals surface area contributed by atoms with E-state index in [1.807, 2.05) is 0 Å². The fourth-order valence-corrected chi connectivity index (χ4v) is 2.98. The predicted molar refractivity (Wildman–Crippen MR) is 95.3 cm³/mol. The van der Waals surface area contributed by atoms with E-state index in [-0.39, 0.29) is 43.2 Å². The van der Waals surface area contributed by atoms with Crippen molar-refractivity contribution < 1.29 is 28.9 Å². The zero-order valence-corrected chi connectivity index (χ0v) is 15.2. The number of anilines is 1. The first-order valence-corrected chi connectivity index (χ1v) is 8.60. The SMILES string of the molecule is COC(=O)CCCOc1cc(N)c(C(=O)N2CCC[C@H]2CO)cc1OC. The quantitative estimate of drug-likeness (QED) is 0.404. The van der Waals surface area contributed by atoms with Crippen molar-refractivity contribution in [3.63, 3.8) is 0 Å². The standard InChI is InChI=1S/C18H26N2O6/c1-24-15-9-13(18(23)20-7-3-5-12(20)11-21)14(19)10-16(15)26-8-4-6-17(22)25-2/h9-10,12,21H,3-8,11,19H2,1-2H3/t12-/m0/s1. The molecule has 1 heterocycles. The molecule has 1 atom stereocenters. The topological polar surface area (TPSA) is 111 Å². The maximum atomic E-state index is 12.8. The van der Waals surface area contributed by atoms with Crippen LogP contribution in [0.15, 0.2) is 12.1 Å². The predicted octanol–water partition coefficient (Wildman–Crippen LogP) is 1.21. The van der Waals surface area contributed by atoms with Crippen LogP contribution < -0.4 is 15.2 Å². The van der Waals surface area contributed by atoms with Gasteiger partial charge in [0.15, 0.2) is 11.5 Å². The number of nitrogens with zero attached hydrogens (tertiary/aromatic N) is 1. The van der Waals surface area contributed by atoms with Crippen molar-refractivity contribution in [1.29, 1.82) is 0 Å². The number of methoxy groups -OCH3 is 2. The molecule has 1 amide bonds. The molecule has 0 aromatic heterocycles. The molecule has 0 spiro atoms. The Bertz CT molecular complexity index is 649. The van der Waals surface area contributed by atoms with E-state index < -0.39 is 0 Å². The summed E-state index contributed by atoms with van der Waals surface area (Å²) < 4.78 is 15.5. The highest BCUT2D eigenvalue weighted by Gasteiger charge is 2.30. The molecule has 0 aliphatic carbocycles. The molecule has 1 aliphatic rings. The van der Waals surface area contributed by atoms with E-state index in [9.17, 15) is 14.7 Å². The Morgan fingerprint density at radius 1 is 1.31 bits per heavy atom. The smallest absolute Gasteiger partial charge is 0.305 e. The maximum Gasteiger partial charge on any atom is 0.305 e. The van der Waals surface area contributed by atoms with Gasteiger partial charge in [0, 0.05) is 24.7 Å². The van der Waals surface area contributed by atoms with Gasteiger partial charge in [-0.05, 0) is 25.3 Å². The number of amides is 1. The Morgan fingerprint density at radius 2 is 2.08 bits per heavy atom. The van der Waals surface area contributed by atoms with E-state index in [1.54, 1.807) is 17.0 Å². The van der Waals surface area contributed by atoms with Gasteiger partial charge in [0.05, 0.1) is 39.0 Å². The first kappa shape index (κ1) is 19.8. The number of carbonyl (C=O) groups excluding carboxylic acids is 2. The molecule has 0 bridgehead atoms. The third-order valence-electron chi connectivity index (χ3n) is 4.43. The minimum atomic E-state index is -0.301. The van der Waals surface area contributed by atoms with E-state index in [0.717, 1.165) is 12.8 Å². The van der Waals surface area contributed by atoms with Crippen LogP contribution >= 0.6 is 0 Å². The van der Waals surface area contributed by atoms with Gasteiger partial charge in [-0.3, -0.25) is 9.59 Å². The number of benzene rings is 1. The lowest BCUT2D eigenvalue weighted by Gasteiger charge is -2.24. The number of likely N-dealkylation sites (tertiary alicyclic amines) is 1. The number of hydrogen-bond donors (Lipinski definition) is 2. The van der Waals surface area contributed by atoms with Crippen LogP contribution in [0.5, 0.6) is 11.5 Å². The minimum Gasteiger partial charge on any atom is -0.493 e. The van der Waals surface area contributed by atoms with Crippen molar-refractivity contribution in [2.75, 3.05) is 39.7 Å². The second-order valence-electron chi connectivity index (χ2n) is 6.10. The van der Waals surface area contributed by atoms with Gasteiger partial charge in [-0.15, -0.1) is 0 Å². The second-order valence-corrected chi connectivity index (χ2v) is 6.10. The first-order valence-electron chi connectivity index (χ1n) is 8.60. The summed E-state index contributed by atoms with van der Waals surface area (Å²) in [5.41, 5.74) is 6.66. The normalized spacial score (nSPS) is 16.4. The summed E-state index contributed by atoms with van der Waals surface area (Å²) in [6.45, 7) is 0.818. The van der Waals surface area contributed by atoms with Crippen molar-refractivity contribution >= 4 is 17.6 Å². The summed E-state index contributed by atoms with van der Waals surface area (Å²) >= 11 is 0. The summed E-state index contributed by atoms with van der Waals surface area (Å²) in [6, 6.07) is 2.93. The molecule has 8 heteroatoms. The summed E-state index contributed by atoms with van der Waals surface area (Å²) in [5.74, 6) is 0.270. The van der Waals surface area contributed by atoms with Crippen LogP contribution in [-0.4, -0.2) is 61.9 Å². The number of esters is 1. The van der Waals surface area contributed by atoms with Crippen LogP contribution in [0.25, 0.3) is 0 Å². The van der Waals surface area contributed by atoms with E-state index in [4.69, 9.17) is 15.2 Å². The van der Waals surface area contributed by atoms with Crippen molar-refractivity contribution in [2.45, 2.75) is 31.7 Å². The number of carbonyl (C=O) groups is 2. The Kier molecular flexibility index (Phi) is 7.08. The van der Waals surface area contributed by atoms with E-state index in [0.29, 0.717) is 30.0 Å². The van der Waals surface area contributed by atoms with Crippen molar-refractivity contribution in [3.05, 3.63) is 17.7 Å². The molecule has 0 radical (unpaired) electrons. The average Bonchev–Trinajstić information content (AvgIpc) is 3.13. The molecule has 144 valence electrons. The van der Waals surface area contributed by atoms with Crippen LogP contribution in [0.4, 0.5) is 5.69 Å². The molecule has 0 saturated carbocycles. The molecule has 1 saturated heterocycles. The van der Waals surface area contributed by atoms with Gasteiger partial charge in [0.1, 0.15) is 0 Å². The van der Waals surface area contributed by atoms with Gasteiger partial charge in [-0.1, -0.05) is 0 Å². The summed E-state index contributed by atoms with van der Waals surface area (Å²) in [4.78, 5) is 25.5. The van der Waals surface area contributed by atoms with Gasteiger partial charge < -0.3 is 30.0 Å². The molecule has 1 fully saturated rings. The summed E-state index contributed by atoms with van der Waals surface area (Å²) in [6.07, 6.45) is 2.38. The van der Waals surface area contributed by atoms with Crippen molar-refractivity contribution in [2.24, 2.45) is 0 Å². The molecule has 3 N–H and O–H groups in total. The molecule has 26 heavy (non-hydrogen) atoms. The second kappa shape index (κ2) is 9.28. The third kappa shape index (κ3) is 4.57. The summed E-state index contributed by atoms with van der Waals surface area (Å²) in [5, 5.41) is 9.42. The zero-order chi connectivity index (χ0) is 19.1. The Labute approximate surface area is 152 Å². The Balaban J connectivity index is 2.10. The fourth-order valence-electron chi connectivity index (χ4n) is 2.98. The molecule has 8 nitrogen and oxygen atoms in total. The van der Waals surface area contributed by atoms with Crippen LogP contribution in [0.3, 0.4) is 0 Å². The number of nitrogen functional groups attached to an aromatic ring is 1. The minimum absolute atomic E-state index is 0.0653. The van der Waals surface area contributed by atoms with E-state index in [2.05, 4.69) is 4.74 Å². The lowest BCUT2D eigenvalue weighted by atomic mass is 10.1. The van der Waals surface area contributed by atoms with Gasteiger partial charge in [-0.2, -0.15) is 0 Å². The Morgan fingerprint density at radius 3 is 2.73 bits per heavy atom. The Hall–Kier alpha value is -2.48. The highest BCUT2D eigenvalue weighted by Crippen LogP contribution is 2.34. The highest BCUT2D eigenvalue weighted by atomic mass is 16.5. The molecule has 1 aliphatic heterocycles. The number of aliphatic hydroxyl groups is 1. The largest absolute Gasteiger partial charge is 0.493 e. The lowest BCUT2D eigenvalue weighted by molar-refractivity contribution is -0.140. The number of hydrogen-bond acceptors (Lipinski definition) is 7. The first-order chi connectivity index (χ1) is 12.5. The van der Waals surface area contributed by atoms with Crippen LogP contribution in [0.2, 0.25) is 0 Å². The summed E-state index contributed by atoms with van der Waals surface area (Å²) in [7, 11) is 2.82. The van der Waals surface area contributed by atoms with E-state index >= 15 is 0 Å². The molecule has 0 unspecified atom stereocenters. The van der Waals surface area contributed by atoms with Crippen molar-refractivity contribution in [3.8, 4) is 11.5 Å². The molecular formula is C18H26N2O6. The monoisotopic (exact) mass is 366 g/mol. The zero-order valence-electron chi connectivity index (χ0n) is 15.2. The molecular weight excluding hydrogens is 340 g/mol. The van der Waals surface area contributed by atoms with Crippen LogP contribution in [0.1, 0.15) is 36.0 Å². The van der Waals surface area contributed by atoms with Gasteiger partial charge in [0.2, 0.25) is 0 Å². The molecule has 2 rings (SSSR count). The third-order valence-corrected chi connectivity index (χ3v) is 4.43. The lowest BCUT2D eigenvalue weighted by Crippen LogP contribution is -2.38. The van der Waals surface area contributed by atoms with Gasteiger partial charge >= 0.3 is 5.97 Å². The molecule has 1 aromatic rings. The van der Waals surface area contributed by atoms with E-state index in [1.165, 1.54) is 14.2 Å². The van der Waals surface area contributed by atoms with Crippen molar-refractivity contribution in [1.82, 2.24) is 4.90 Å². The van der Waals surface area contributed by atoms with Crippen LogP contribution in [-0.2, 0) is 9.53 Å². The fraction of sp³-hybridized carbons (Fsp3) is 0.556. The average molecular weight is 366 g/mol. The maximum absolute atomic E-state index is 12.8. The highest BCUT2D eigenvalue weighted by molar-refractivity contribution is 6.00. The van der Waals surface area contributed by atoms with Gasteiger partial charge in [0.25, 0.3) is 5.91 Å². The number of ether oxygens (including phenoxy) is 3. The van der Waals surface area contributed by atoms with Gasteiger partial charge in [-0.25, -0.2) is 0 Å². The number of aliphatic hydroxyl groups excluding tert-OH is 1. The van der Waals surface area contributed by atoms with Crippen LogP contribution in [0, 0.1) is 0 Å².